The molecule has 3 aromatic rings. The number of fused-ring (bicyclic) bond motifs is 2. The Hall–Kier alpha value is -2.88. The zero-order chi connectivity index (χ0) is 13.7. The molecule has 0 bridgehead atoms. The van der Waals surface area contributed by atoms with Crippen LogP contribution in [0, 0.1) is 5.41 Å². The average molecular weight is 261 g/mol. The van der Waals surface area contributed by atoms with Crippen molar-refractivity contribution in [1.29, 1.82) is 5.41 Å². The standard InChI is InChI=1S/C16H11N3O/c17-15-10-6-2-1-5-9(10)14(19-15)13-11-7-3-4-8-12(11)18-16(13)20/h1-8,17-18,20H. The third-order valence-electron chi connectivity index (χ3n) is 3.58. The SMILES string of the molecule is N=C1N=C(c2c(O)[nH]c3ccccc23)c2ccccc21. The highest BCUT2D eigenvalue weighted by Crippen LogP contribution is 2.33. The van der Waals surface area contributed by atoms with E-state index < -0.39 is 0 Å². The molecule has 96 valence electrons. The summed E-state index contributed by atoms with van der Waals surface area (Å²) in [6.07, 6.45) is 0. The summed E-state index contributed by atoms with van der Waals surface area (Å²) in [5.74, 6) is 0.328. The first kappa shape index (κ1) is 11.0. The Kier molecular flexibility index (Phi) is 2.09. The molecule has 4 rings (SSSR count). The van der Waals surface area contributed by atoms with Crippen molar-refractivity contribution >= 4 is 22.5 Å². The van der Waals surface area contributed by atoms with E-state index in [1.807, 2.05) is 48.5 Å². The molecule has 0 saturated heterocycles. The Morgan fingerprint density at radius 1 is 0.950 bits per heavy atom. The van der Waals surface area contributed by atoms with E-state index in [0.29, 0.717) is 11.3 Å². The third-order valence-corrected chi connectivity index (χ3v) is 3.58. The van der Waals surface area contributed by atoms with Crippen LogP contribution in [0.1, 0.15) is 16.7 Å². The maximum absolute atomic E-state index is 10.2. The normalized spacial score (nSPS) is 13.6. The fourth-order valence-electron chi connectivity index (χ4n) is 2.69. The molecule has 20 heavy (non-hydrogen) atoms. The maximum atomic E-state index is 10.2. The molecule has 2 heterocycles. The minimum absolute atomic E-state index is 0.0921. The average Bonchev–Trinajstić information content (AvgIpc) is 2.96. The summed E-state index contributed by atoms with van der Waals surface area (Å²) in [4.78, 5) is 7.28. The van der Waals surface area contributed by atoms with E-state index in [1.165, 1.54) is 0 Å². The van der Waals surface area contributed by atoms with Crippen molar-refractivity contribution in [2.75, 3.05) is 0 Å². The van der Waals surface area contributed by atoms with Gasteiger partial charge in [0.1, 0.15) is 0 Å². The summed E-state index contributed by atoms with van der Waals surface area (Å²) in [6, 6.07) is 15.3. The Bertz CT molecular complexity index is 890. The second kappa shape index (κ2) is 3.81. The van der Waals surface area contributed by atoms with E-state index in [4.69, 9.17) is 5.41 Å². The number of rotatable bonds is 1. The van der Waals surface area contributed by atoms with Crippen LogP contribution in [0.15, 0.2) is 53.5 Å². The maximum Gasteiger partial charge on any atom is 0.199 e. The molecule has 1 aromatic heterocycles. The summed E-state index contributed by atoms with van der Waals surface area (Å²) in [5.41, 5.74) is 3.86. The van der Waals surface area contributed by atoms with Crippen molar-refractivity contribution in [1.82, 2.24) is 4.98 Å². The Labute approximate surface area is 114 Å². The van der Waals surface area contributed by atoms with Gasteiger partial charge in [0.25, 0.3) is 0 Å². The number of H-pyrrole nitrogens is 1. The lowest BCUT2D eigenvalue weighted by Gasteiger charge is -2.02. The first-order valence-electron chi connectivity index (χ1n) is 6.33. The van der Waals surface area contributed by atoms with Crippen LogP contribution >= 0.6 is 0 Å². The molecular formula is C16H11N3O. The van der Waals surface area contributed by atoms with Crippen LogP contribution in [-0.2, 0) is 0 Å². The summed E-state index contributed by atoms with van der Waals surface area (Å²) >= 11 is 0. The quantitative estimate of drug-likeness (QED) is 0.619. The molecule has 3 N–H and O–H groups in total. The van der Waals surface area contributed by atoms with Gasteiger partial charge < -0.3 is 10.1 Å². The molecule has 0 spiro atoms. The number of hydrogen-bond acceptors (Lipinski definition) is 2. The number of aromatic nitrogens is 1. The number of nitrogens with zero attached hydrogens (tertiary/aromatic N) is 1. The van der Waals surface area contributed by atoms with Gasteiger partial charge in [-0.05, 0) is 6.07 Å². The van der Waals surface area contributed by atoms with Crippen molar-refractivity contribution in [2.24, 2.45) is 4.99 Å². The van der Waals surface area contributed by atoms with Gasteiger partial charge in [0.2, 0.25) is 0 Å². The van der Waals surface area contributed by atoms with E-state index in [0.717, 1.165) is 22.0 Å². The van der Waals surface area contributed by atoms with Gasteiger partial charge in [0.05, 0.1) is 11.3 Å². The molecule has 1 aliphatic rings. The van der Waals surface area contributed by atoms with E-state index in [2.05, 4.69) is 9.98 Å². The van der Waals surface area contributed by atoms with E-state index in [-0.39, 0.29) is 11.7 Å². The van der Waals surface area contributed by atoms with Crippen LogP contribution in [0.5, 0.6) is 5.88 Å². The smallest absolute Gasteiger partial charge is 0.199 e. The minimum atomic E-state index is 0.0921. The molecule has 0 unspecified atom stereocenters. The first-order valence-corrected chi connectivity index (χ1v) is 6.33. The van der Waals surface area contributed by atoms with Crippen molar-refractivity contribution in [2.45, 2.75) is 0 Å². The number of hydrogen-bond donors (Lipinski definition) is 3. The number of amidine groups is 1. The van der Waals surface area contributed by atoms with Gasteiger partial charge in [-0.1, -0.05) is 42.5 Å². The van der Waals surface area contributed by atoms with Crippen LogP contribution in [0.25, 0.3) is 10.9 Å². The Morgan fingerprint density at radius 3 is 2.50 bits per heavy atom. The molecule has 0 radical (unpaired) electrons. The van der Waals surface area contributed by atoms with Crippen molar-refractivity contribution in [3.8, 4) is 5.88 Å². The van der Waals surface area contributed by atoms with Gasteiger partial charge in [-0.25, -0.2) is 4.99 Å². The molecule has 4 heteroatoms. The summed E-state index contributed by atoms with van der Waals surface area (Å²) in [6.45, 7) is 0. The van der Waals surface area contributed by atoms with Crippen LogP contribution in [0.2, 0.25) is 0 Å². The van der Waals surface area contributed by atoms with Gasteiger partial charge in [0.15, 0.2) is 11.7 Å². The number of aromatic amines is 1. The number of nitrogens with one attached hydrogen (secondary N) is 2. The highest BCUT2D eigenvalue weighted by molar-refractivity contribution is 6.31. The molecule has 0 aliphatic carbocycles. The molecule has 0 saturated carbocycles. The highest BCUT2D eigenvalue weighted by Gasteiger charge is 2.25. The molecule has 1 aliphatic heterocycles. The number of aromatic hydroxyl groups is 1. The molecule has 2 aromatic carbocycles. The second-order valence-corrected chi connectivity index (χ2v) is 4.75. The zero-order valence-corrected chi connectivity index (χ0v) is 10.5. The van der Waals surface area contributed by atoms with Crippen LogP contribution in [-0.4, -0.2) is 21.6 Å². The second-order valence-electron chi connectivity index (χ2n) is 4.75. The van der Waals surface area contributed by atoms with Crippen LogP contribution in [0.4, 0.5) is 0 Å². The predicted molar refractivity (Wildman–Crippen MR) is 78.9 cm³/mol. The largest absolute Gasteiger partial charge is 0.494 e. The summed E-state index contributed by atoms with van der Waals surface area (Å²) in [5, 5.41) is 19.1. The minimum Gasteiger partial charge on any atom is -0.494 e. The van der Waals surface area contributed by atoms with Crippen molar-refractivity contribution in [3.05, 3.63) is 65.2 Å². The molecule has 0 fully saturated rings. The van der Waals surface area contributed by atoms with Gasteiger partial charge in [0, 0.05) is 22.0 Å². The molecular weight excluding hydrogens is 250 g/mol. The third kappa shape index (κ3) is 1.36. The Balaban J connectivity index is 2.04. The Morgan fingerprint density at radius 2 is 1.65 bits per heavy atom. The van der Waals surface area contributed by atoms with Gasteiger partial charge in [-0.15, -0.1) is 0 Å². The zero-order valence-electron chi connectivity index (χ0n) is 10.5. The van der Waals surface area contributed by atoms with Gasteiger partial charge in [-0.2, -0.15) is 0 Å². The van der Waals surface area contributed by atoms with E-state index >= 15 is 0 Å². The number of para-hydroxylation sites is 1. The van der Waals surface area contributed by atoms with Gasteiger partial charge in [-0.3, -0.25) is 5.41 Å². The molecule has 4 nitrogen and oxygen atoms in total. The van der Waals surface area contributed by atoms with Crippen molar-refractivity contribution < 1.29 is 5.11 Å². The highest BCUT2D eigenvalue weighted by atomic mass is 16.3. The van der Waals surface area contributed by atoms with Crippen LogP contribution in [0.3, 0.4) is 0 Å². The number of benzene rings is 2. The lowest BCUT2D eigenvalue weighted by atomic mass is 9.99. The lowest BCUT2D eigenvalue weighted by Crippen LogP contribution is -2.00. The first-order chi connectivity index (χ1) is 9.75. The fourth-order valence-corrected chi connectivity index (χ4v) is 2.69. The molecule has 0 atom stereocenters. The van der Waals surface area contributed by atoms with E-state index in [9.17, 15) is 5.11 Å². The monoisotopic (exact) mass is 261 g/mol. The van der Waals surface area contributed by atoms with E-state index in [1.54, 1.807) is 0 Å². The number of aliphatic imine (C=N–C) groups is 1. The summed E-state index contributed by atoms with van der Waals surface area (Å²) < 4.78 is 0. The predicted octanol–water partition coefficient (Wildman–Crippen LogP) is 3.05. The topological polar surface area (TPSA) is 72.2 Å². The fraction of sp³-hybridized carbons (Fsp3) is 0. The van der Waals surface area contributed by atoms with Gasteiger partial charge >= 0.3 is 0 Å². The van der Waals surface area contributed by atoms with Crippen LogP contribution < -0.4 is 0 Å². The summed E-state index contributed by atoms with van der Waals surface area (Å²) in [7, 11) is 0. The van der Waals surface area contributed by atoms with Crippen molar-refractivity contribution in [3.63, 3.8) is 0 Å². The lowest BCUT2D eigenvalue weighted by molar-refractivity contribution is 0.457. The molecule has 0 amide bonds.